The fraction of sp³-hybridized carbons (Fsp3) is 0.636. The fourth-order valence-electron chi connectivity index (χ4n) is 2.00. The van der Waals surface area contributed by atoms with Crippen LogP contribution in [0.15, 0.2) is 6.07 Å². The summed E-state index contributed by atoms with van der Waals surface area (Å²) in [6.45, 7) is 2.24. The molecule has 0 aliphatic heterocycles. The number of hydrogen-bond donors (Lipinski definition) is 2. The topological polar surface area (TPSA) is 63.8 Å². The van der Waals surface area contributed by atoms with Crippen molar-refractivity contribution in [3.8, 4) is 0 Å². The first-order valence-electron chi connectivity index (χ1n) is 5.63. The number of aromatic nitrogens is 2. The van der Waals surface area contributed by atoms with Crippen LogP contribution >= 0.6 is 0 Å². The van der Waals surface area contributed by atoms with Gasteiger partial charge < -0.3 is 5.43 Å². The Labute approximate surface area is 89.3 Å². The highest BCUT2D eigenvalue weighted by atomic mass is 15.3. The van der Waals surface area contributed by atoms with Crippen molar-refractivity contribution in [1.29, 1.82) is 0 Å². The average Bonchev–Trinajstić information content (AvgIpc) is 3.11. The largest absolute Gasteiger partial charge is 0.308 e. The molecule has 0 amide bonds. The van der Waals surface area contributed by atoms with Gasteiger partial charge in [-0.15, -0.1) is 0 Å². The summed E-state index contributed by atoms with van der Waals surface area (Å²) in [7, 11) is 0. The van der Waals surface area contributed by atoms with Crippen LogP contribution in [0.25, 0.3) is 0 Å². The van der Waals surface area contributed by atoms with Gasteiger partial charge in [0.05, 0.1) is 0 Å². The van der Waals surface area contributed by atoms with Crippen molar-refractivity contribution >= 4 is 5.82 Å². The lowest BCUT2D eigenvalue weighted by Crippen LogP contribution is -2.11. The third-order valence-electron chi connectivity index (χ3n) is 3.35. The SMILES string of the molecule is CC1CC1c1nc(NN)cc(C2CC2)n1. The summed E-state index contributed by atoms with van der Waals surface area (Å²) < 4.78 is 0. The molecule has 2 atom stereocenters. The lowest BCUT2D eigenvalue weighted by Gasteiger charge is -2.06. The molecule has 3 N–H and O–H groups in total. The Morgan fingerprint density at radius 2 is 2.13 bits per heavy atom. The maximum absolute atomic E-state index is 5.42. The highest BCUT2D eigenvalue weighted by Gasteiger charge is 2.37. The third-order valence-corrected chi connectivity index (χ3v) is 3.35. The van der Waals surface area contributed by atoms with Gasteiger partial charge in [0.15, 0.2) is 0 Å². The first-order chi connectivity index (χ1) is 7.28. The number of rotatable bonds is 3. The summed E-state index contributed by atoms with van der Waals surface area (Å²) in [5, 5.41) is 0. The molecule has 0 bridgehead atoms. The molecule has 1 aromatic heterocycles. The lowest BCUT2D eigenvalue weighted by atomic mass is 10.2. The molecule has 2 aliphatic rings. The minimum atomic E-state index is 0.566. The van der Waals surface area contributed by atoms with Crippen molar-refractivity contribution in [2.45, 2.75) is 38.0 Å². The molecule has 80 valence electrons. The molecule has 2 aliphatic carbocycles. The molecule has 4 heteroatoms. The maximum atomic E-state index is 5.42. The van der Waals surface area contributed by atoms with Gasteiger partial charge in [0.2, 0.25) is 0 Å². The summed E-state index contributed by atoms with van der Waals surface area (Å²) in [5.41, 5.74) is 3.81. The Bertz CT molecular complexity index is 386. The predicted octanol–water partition coefficient (Wildman–Crippen LogP) is 1.76. The zero-order valence-electron chi connectivity index (χ0n) is 8.90. The van der Waals surface area contributed by atoms with Gasteiger partial charge >= 0.3 is 0 Å². The Kier molecular flexibility index (Phi) is 1.92. The molecule has 2 saturated carbocycles. The summed E-state index contributed by atoms with van der Waals surface area (Å²) in [4.78, 5) is 9.08. The lowest BCUT2D eigenvalue weighted by molar-refractivity contribution is 0.819. The molecule has 0 aromatic carbocycles. The Balaban J connectivity index is 1.94. The van der Waals surface area contributed by atoms with Crippen LogP contribution < -0.4 is 11.3 Å². The second kappa shape index (κ2) is 3.17. The number of nitrogens with one attached hydrogen (secondary N) is 1. The quantitative estimate of drug-likeness (QED) is 0.581. The van der Waals surface area contributed by atoms with Crippen LogP contribution in [0.1, 0.15) is 49.5 Å². The summed E-state index contributed by atoms with van der Waals surface area (Å²) in [5.74, 6) is 9.14. The Hall–Kier alpha value is -1.16. The van der Waals surface area contributed by atoms with Crippen molar-refractivity contribution in [2.75, 3.05) is 5.43 Å². The molecular weight excluding hydrogens is 188 g/mol. The van der Waals surface area contributed by atoms with Gasteiger partial charge in [0.1, 0.15) is 11.6 Å². The monoisotopic (exact) mass is 204 g/mol. The maximum Gasteiger partial charge on any atom is 0.143 e. The zero-order valence-corrected chi connectivity index (χ0v) is 8.90. The smallest absolute Gasteiger partial charge is 0.143 e. The molecule has 0 radical (unpaired) electrons. The van der Waals surface area contributed by atoms with Gasteiger partial charge in [0.25, 0.3) is 0 Å². The minimum absolute atomic E-state index is 0.566. The van der Waals surface area contributed by atoms with Gasteiger partial charge in [0, 0.05) is 23.6 Å². The summed E-state index contributed by atoms with van der Waals surface area (Å²) in [6, 6.07) is 1.98. The number of hydrazine groups is 1. The van der Waals surface area contributed by atoms with E-state index in [1.165, 1.54) is 25.0 Å². The first kappa shape index (κ1) is 9.09. The van der Waals surface area contributed by atoms with Crippen molar-refractivity contribution < 1.29 is 0 Å². The molecular formula is C11H16N4. The van der Waals surface area contributed by atoms with Crippen LogP contribution in [-0.4, -0.2) is 9.97 Å². The highest BCUT2D eigenvalue weighted by molar-refractivity contribution is 5.37. The minimum Gasteiger partial charge on any atom is -0.308 e. The van der Waals surface area contributed by atoms with Crippen molar-refractivity contribution in [1.82, 2.24) is 9.97 Å². The van der Waals surface area contributed by atoms with Crippen LogP contribution in [-0.2, 0) is 0 Å². The number of nitrogens with zero attached hydrogens (tertiary/aromatic N) is 2. The highest BCUT2D eigenvalue weighted by Crippen LogP contribution is 2.47. The van der Waals surface area contributed by atoms with Crippen LogP contribution in [0.2, 0.25) is 0 Å². The first-order valence-corrected chi connectivity index (χ1v) is 5.63. The number of anilines is 1. The van der Waals surface area contributed by atoms with E-state index in [-0.39, 0.29) is 0 Å². The molecule has 1 heterocycles. The number of nitrogen functional groups attached to an aromatic ring is 1. The van der Waals surface area contributed by atoms with Crippen LogP contribution in [0.4, 0.5) is 5.82 Å². The average molecular weight is 204 g/mol. The second-order valence-corrected chi connectivity index (χ2v) is 4.77. The van der Waals surface area contributed by atoms with Crippen molar-refractivity contribution in [3.63, 3.8) is 0 Å². The Morgan fingerprint density at radius 1 is 1.40 bits per heavy atom. The van der Waals surface area contributed by atoms with E-state index in [0.717, 1.165) is 17.6 Å². The second-order valence-electron chi connectivity index (χ2n) is 4.77. The van der Waals surface area contributed by atoms with Gasteiger partial charge in [-0.05, 0) is 25.2 Å². The third kappa shape index (κ3) is 1.69. The molecule has 2 unspecified atom stereocenters. The van der Waals surface area contributed by atoms with Gasteiger partial charge in [-0.3, -0.25) is 0 Å². The summed E-state index contributed by atoms with van der Waals surface area (Å²) in [6.07, 6.45) is 3.75. The Morgan fingerprint density at radius 3 is 2.67 bits per heavy atom. The number of nitrogens with two attached hydrogens (primary N) is 1. The van der Waals surface area contributed by atoms with E-state index in [9.17, 15) is 0 Å². The molecule has 15 heavy (non-hydrogen) atoms. The molecule has 2 fully saturated rings. The molecule has 4 nitrogen and oxygen atoms in total. The van der Waals surface area contributed by atoms with E-state index >= 15 is 0 Å². The normalized spacial score (nSPS) is 28.9. The van der Waals surface area contributed by atoms with E-state index in [1.807, 2.05) is 6.07 Å². The molecule has 0 saturated heterocycles. The van der Waals surface area contributed by atoms with Crippen LogP contribution in [0.3, 0.4) is 0 Å². The van der Waals surface area contributed by atoms with E-state index in [1.54, 1.807) is 0 Å². The van der Waals surface area contributed by atoms with E-state index in [2.05, 4.69) is 22.3 Å². The van der Waals surface area contributed by atoms with E-state index in [0.29, 0.717) is 11.8 Å². The van der Waals surface area contributed by atoms with Crippen LogP contribution in [0, 0.1) is 5.92 Å². The molecule has 1 aromatic rings. The van der Waals surface area contributed by atoms with Crippen molar-refractivity contribution in [3.05, 3.63) is 17.6 Å². The fourth-order valence-corrected chi connectivity index (χ4v) is 2.00. The van der Waals surface area contributed by atoms with E-state index < -0.39 is 0 Å². The summed E-state index contributed by atoms with van der Waals surface area (Å²) >= 11 is 0. The van der Waals surface area contributed by atoms with Crippen LogP contribution in [0.5, 0.6) is 0 Å². The predicted molar refractivity (Wildman–Crippen MR) is 58.3 cm³/mol. The number of hydrogen-bond acceptors (Lipinski definition) is 4. The van der Waals surface area contributed by atoms with Gasteiger partial charge in [-0.1, -0.05) is 6.92 Å². The zero-order chi connectivity index (χ0) is 10.4. The van der Waals surface area contributed by atoms with E-state index in [4.69, 9.17) is 5.84 Å². The molecule has 3 rings (SSSR count). The molecule has 0 spiro atoms. The van der Waals surface area contributed by atoms with Gasteiger partial charge in [-0.25, -0.2) is 15.8 Å². The van der Waals surface area contributed by atoms with Gasteiger partial charge in [-0.2, -0.15) is 0 Å². The van der Waals surface area contributed by atoms with Crippen molar-refractivity contribution in [2.24, 2.45) is 11.8 Å². The standard InChI is InChI=1S/C11H16N4/c1-6-4-8(6)11-13-9(7-2-3-7)5-10(14-11)15-12/h5-8H,2-4,12H2,1H3,(H,13,14,15).